The Labute approximate surface area is 177 Å². The molecule has 0 bridgehead atoms. The molecule has 0 radical (unpaired) electrons. The smallest absolute Gasteiger partial charge is 0.255 e. The Kier molecular flexibility index (Phi) is 6.01. The monoisotopic (exact) mass is 419 g/mol. The molecule has 4 aromatic rings. The largest absolute Gasteiger partial charge is 0.457 e. The zero-order chi connectivity index (χ0) is 20.8. The molecule has 30 heavy (non-hydrogen) atoms. The number of benzene rings is 2. The van der Waals surface area contributed by atoms with Crippen molar-refractivity contribution in [2.75, 3.05) is 6.54 Å². The van der Waals surface area contributed by atoms with E-state index in [1.165, 1.54) is 0 Å². The number of aromatic nitrogens is 4. The van der Waals surface area contributed by atoms with Crippen molar-refractivity contribution in [1.82, 2.24) is 25.9 Å². The van der Waals surface area contributed by atoms with E-state index >= 15 is 0 Å². The number of tetrazole rings is 1. The van der Waals surface area contributed by atoms with Gasteiger partial charge in [-0.2, -0.15) is 5.21 Å². The minimum absolute atomic E-state index is 0.191. The number of H-pyrrole nitrogens is 1. The number of hydrogen-bond acceptors (Lipinski definition) is 5. The molecule has 7 nitrogen and oxygen atoms in total. The fourth-order valence-corrected chi connectivity index (χ4v) is 3.04. The number of hydrogen-bond donors (Lipinski definition) is 2. The molecule has 0 aliphatic rings. The lowest BCUT2D eigenvalue weighted by Crippen LogP contribution is -2.27. The maximum absolute atomic E-state index is 12.8. The number of amides is 1. The van der Waals surface area contributed by atoms with Crippen molar-refractivity contribution in [3.8, 4) is 11.3 Å². The second kappa shape index (κ2) is 9.19. The van der Waals surface area contributed by atoms with Gasteiger partial charge in [-0.05, 0) is 59.7 Å². The molecule has 0 saturated heterocycles. The number of nitrogens with zero attached hydrogens (tertiary/aromatic N) is 3. The molecule has 0 saturated carbocycles. The standard InChI is InChI=1S/C22H18ClN5O2/c23-17-8-6-16(7-9-17)20-11-10-18(30-20)14-19(21-25-27-28-26-21)22(29)24-13-12-15-4-2-1-3-5-15/h1-11,14H,12-13H2,(H,24,29)(H,25,26,27,28). The Hall–Kier alpha value is -3.71. The first kappa shape index (κ1) is 19.6. The lowest BCUT2D eigenvalue weighted by atomic mass is 10.1. The molecule has 150 valence electrons. The van der Waals surface area contributed by atoms with E-state index < -0.39 is 0 Å². The summed E-state index contributed by atoms with van der Waals surface area (Å²) >= 11 is 5.94. The van der Waals surface area contributed by atoms with Gasteiger partial charge < -0.3 is 9.73 Å². The molecule has 4 rings (SSSR count). The van der Waals surface area contributed by atoms with Crippen molar-refractivity contribution in [3.63, 3.8) is 0 Å². The Morgan fingerprint density at radius 2 is 1.87 bits per heavy atom. The van der Waals surface area contributed by atoms with E-state index in [0.717, 1.165) is 11.1 Å². The van der Waals surface area contributed by atoms with Gasteiger partial charge in [0.15, 0.2) is 0 Å². The Bertz CT molecular complexity index is 1140. The highest BCUT2D eigenvalue weighted by molar-refractivity contribution is 6.30. The number of rotatable bonds is 7. The summed E-state index contributed by atoms with van der Waals surface area (Å²) in [7, 11) is 0. The summed E-state index contributed by atoms with van der Waals surface area (Å²) in [5, 5.41) is 17.4. The highest BCUT2D eigenvalue weighted by atomic mass is 35.5. The van der Waals surface area contributed by atoms with Gasteiger partial charge in [0.1, 0.15) is 11.5 Å². The summed E-state index contributed by atoms with van der Waals surface area (Å²) < 4.78 is 5.88. The van der Waals surface area contributed by atoms with Crippen LogP contribution in [0.4, 0.5) is 0 Å². The van der Waals surface area contributed by atoms with Crippen LogP contribution in [0.2, 0.25) is 5.02 Å². The highest BCUT2D eigenvalue weighted by Crippen LogP contribution is 2.25. The van der Waals surface area contributed by atoms with Crippen LogP contribution >= 0.6 is 11.6 Å². The first-order chi connectivity index (χ1) is 14.7. The van der Waals surface area contributed by atoms with Crippen molar-refractivity contribution < 1.29 is 9.21 Å². The normalized spacial score (nSPS) is 11.4. The molecular formula is C22H18ClN5O2. The summed E-state index contributed by atoms with van der Waals surface area (Å²) in [4.78, 5) is 12.8. The zero-order valence-electron chi connectivity index (χ0n) is 15.9. The second-order valence-electron chi connectivity index (χ2n) is 6.49. The fraction of sp³-hybridized carbons (Fsp3) is 0.0909. The van der Waals surface area contributed by atoms with Crippen LogP contribution in [0.3, 0.4) is 0 Å². The van der Waals surface area contributed by atoms with E-state index in [9.17, 15) is 4.79 Å². The summed E-state index contributed by atoms with van der Waals surface area (Å²) in [5.41, 5.74) is 2.28. The lowest BCUT2D eigenvalue weighted by Gasteiger charge is -2.06. The van der Waals surface area contributed by atoms with Gasteiger partial charge in [0.25, 0.3) is 5.91 Å². The lowest BCUT2D eigenvalue weighted by molar-refractivity contribution is -0.115. The fourth-order valence-electron chi connectivity index (χ4n) is 2.91. The molecule has 2 heterocycles. The quantitative estimate of drug-likeness (QED) is 0.441. The van der Waals surface area contributed by atoms with Crippen LogP contribution in [-0.2, 0) is 11.2 Å². The van der Waals surface area contributed by atoms with Crippen molar-refractivity contribution >= 4 is 29.2 Å². The number of carbonyl (C=O) groups is 1. The molecule has 8 heteroatoms. The zero-order valence-corrected chi connectivity index (χ0v) is 16.6. The van der Waals surface area contributed by atoms with Gasteiger partial charge in [-0.15, -0.1) is 10.2 Å². The summed E-state index contributed by atoms with van der Waals surface area (Å²) in [5.74, 6) is 1.04. The van der Waals surface area contributed by atoms with Crippen LogP contribution in [0.5, 0.6) is 0 Å². The van der Waals surface area contributed by atoms with Crippen molar-refractivity contribution in [2.45, 2.75) is 6.42 Å². The third-order valence-electron chi connectivity index (χ3n) is 4.42. The molecule has 2 N–H and O–H groups in total. The summed E-state index contributed by atoms with van der Waals surface area (Å²) in [6.45, 7) is 0.478. The topological polar surface area (TPSA) is 96.7 Å². The molecule has 0 unspecified atom stereocenters. The maximum atomic E-state index is 12.8. The molecule has 2 aromatic heterocycles. The van der Waals surface area contributed by atoms with Gasteiger partial charge in [-0.25, -0.2) is 0 Å². The van der Waals surface area contributed by atoms with Crippen molar-refractivity contribution in [3.05, 3.63) is 88.9 Å². The van der Waals surface area contributed by atoms with Crippen LogP contribution < -0.4 is 5.32 Å². The Balaban J connectivity index is 1.51. The van der Waals surface area contributed by atoms with Crippen LogP contribution in [0.25, 0.3) is 23.0 Å². The molecule has 2 aromatic carbocycles. The van der Waals surface area contributed by atoms with Gasteiger partial charge >= 0.3 is 0 Å². The average Bonchev–Trinajstić information content (AvgIpc) is 3.45. The van der Waals surface area contributed by atoms with Crippen LogP contribution in [-0.4, -0.2) is 33.1 Å². The molecular weight excluding hydrogens is 402 g/mol. The van der Waals surface area contributed by atoms with Crippen LogP contribution in [0.15, 0.2) is 71.1 Å². The number of carbonyl (C=O) groups excluding carboxylic acids is 1. The predicted octanol–water partition coefficient (Wildman–Crippen LogP) is 4.01. The van der Waals surface area contributed by atoms with Gasteiger partial charge in [-0.3, -0.25) is 4.79 Å². The third kappa shape index (κ3) is 4.82. The van der Waals surface area contributed by atoms with E-state index in [2.05, 4.69) is 25.9 Å². The molecule has 0 atom stereocenters. The SMILES string of the molecule is O=C(NCCc1ccccc1)C(=Cc1ccc(-c2ccc(Cl)cc2)o1)c1nn[nH]n1. The van der Waals surface area contributed by atoms with E-state index in [0.29, 0.717) is 29.5 Å². The van der Waals surface area contributed by atoms with Gasteiger partial charge in [0.05, 0.1) is 5.57 Å². The van der Waals surface area contributed by atoms with Gasteiger partial charge in [0, 0.05) is 17.1 Å². The minimum Gasteiger partial charge on any atom is -0.457 e. The van der Waals surface area contributed by atoms with Crippen LogP contribution in [0.1, 0.15) is 17.1 Å². The molecule has 0 aliphatic heterocycles. The number of halogens is 1. The van der Waals surface area contributed by atoms with Crippen LogP contribution in [0, 0.1) is 0 Å². The first-order valence-corrected chi connectivity index (χ1v) is 9.70. The Morgan fingerprint density at radius 1 is 1.07 bits per heavy atom. The van der Waals surface area contributed by atoms with E-state index in [1.54, 1.807) is 24.3 Å². The molecule has 1 amide bonds. The second-order valence-corrected chi connectivity index (χ2v) is 6.93. The molecule has 0 fully saturated rings. The van der Waals surface area contributed by atoms with E-state index in [4.69, 9.17) is 16.0 Å². The van der Waals surface area contributed by atoms with Gasteiger partial charge in [-0.1, -0.05) is 41.9 Å². The van der Waals surface area contributed by atoms with E-state index in [1.807, 2.05) is 48.5 Å². The number of nitrogens with one attached hydrogen (secondary N) is 2. The average molecular weight is 420 g/mol. The van der Waals surface area contributed by atoms with E-state index in [-0.39, 0.29) is 17.3 Å². The predicted molar refractivity (Wildman–Crippen MR) is 114 cm³/mol. The summed E-state index contributed by atoms with van der Waals surface area (Å²) in [6.07, 6.45) is 2.32. The number of aromatic amines is 1. The number of furan rings is 1. The Morgan fingerprint density at radius 3 is 2.60 bits per heavy atom. The molecule has 0 aliphatic carbocycles. The third-order valence-corrected chi connectivity index (χ3v) is 4.67. The summed E-state index contributed by atoms with van der Waals surface area (Å²) in [6, 6.07) is 20.9. The highest BCUT2D eigenvalue weighted by Gasteiger charge is 2.17. The maximum Gasteiger partial charge on any atom is 0.255 e. The van der Waals surface area contributed by atoms with Gasteiger partial charge in [0.2, 0.25) is 5.82 Å². The molecule has 0 spiro atoms. The minimum atomic E-state index is -0.309. The van der Waals surface area contributed by atoms with Crippen molar-refractivity contribution in [2.24, 2.45) is 0 Å². The first-order valence-electron chi connectivity index (χ1n) is 9.32. The van der Waals surface area contributed by atoms with Crippen molar-refractivity contribution in [1.29, 1.82) is 0 Å².